The zero-order valence-electron chi connectivity index (χ0n) is 17.7. The van der Waals surface area contributed by atoms with Crippen LogP contribution in [0.15, 0.2) is 60.7 Å². The van der Waals surface area contributed by atoms with Gasteiger partial charge in [0.15, 0.2) is 0 Å². The number of unbranched alkanes of at least 4 members (excludes halogenated alkanes) is 10. The molecular weight excluding hydrogens is 470 g/mol. The summed E-state index contributed by atoms with van der Waals surface area (Å²) in [5.41, 5.74) is 0. The van der Waals surface area contributed by atoms with Gasteiger partial charge >= 0.3 is 174 Å². The molecular formula is C26H38Se2. The van der Waals surface area contributed by atoms with Crippen LogP contribution in [0.5, 0.6) is 0 Å². The summed E-state index contributed by atoms with van der Waals surface area (Å²) < 4.78 is 4.03. The van der Waals surface area contributed by atoms with E-state index in [9.17, 15) is 0 Å². The molecule has 0 aliphatic rings. The molecule has 0 aromatic heterocycles. The van der Waals surface area contributed by atoms with Crippen LogP contribution in [0.1, 0.15) is 84.0 Å². The van der Waals surface area contributed by atoms with Crippen molar-refractivity contribution in [2.24, 2.45) is 0 Å². The molecule has 0 unspecified atom stereocenters. The maximum atomic E-state index is 2.33. The summed E-state index contributed by atoms with van der Waals surface area (Å²) in [7, 11) is 0. The molecule has 2 heteroatoms. The predicted molar refractivity (Wildman–Crippen MR) is 128 cm³/mol. The molecule has 0 heterocycles. The van der Waals surface area contributed by atoms with Gasteiger partial charge in [0.25, 0.3) is 0 Å². The number of hydrogen-bond donors (Lipinski definition) is 0. The van der Waals surface area contributed by atoms with E-state index in [-0.39, 0.29) is 0 Å². The molecule has 0 N–H and O–H groups in total. The third kappa shape index (κ3) is 11.5. The zero-order chi connectivity index (χ0) is 19.7. The van der Waals surface area contributed by atoms with Crippen molar-refractivity contribution in [2.75, 3.05) is 0 Å². The average Bonchev–Trinajstić information content (AvgIpc) is 2.73. The fourth-order valence-electron chi connectivity index (χ4n) is 3.42. The Hall–Kier alpha value is -0.521. The van der Waals surface area contributed by atoms with Crippen molar-refractivity contribution in [3.63, 3.8) is 0 Å². The molecule has 154 valence electrons. The van der Waals surface area contributed by atoms with Crippen LogP contribution in [0.4, 0.5) is 0 Å². The average molecular weight is 509 g/mol. The second kappa shape index (κ2) is 16.3. The first kappa shape index (κ1) is 23.8. The van der Waals surface area contributed by atoms with Crippen molar-refractivity contribution in [3.05, 3.63) is 60.7 Å². The molecule has 0 spiro atoms. The van der Waals surface area contributed by atoms with Crippen molar-refractivity contribution < 1.29 is 0 Å². The van der Waals surface area contributed by atoms with Crippen LogP contribution in [0.25, 0.3) is 0 Å². The Morgan fingerprint density at radius 2 is 0.929 bits per heavy atom. The fraction of sp³-hybridized carbons (Fsp3) is 0.538. The van der Waals surface area contributed by atoms with Crippen molar-refractivity contribution in [1.82, 2.24) is 0 Å². The number of benzene rings is 2. The van der Waals surface area contributed by atoms with Crippen LogP contribution in [0, 0.1) is 0 Å². The minimum absolute atomic E-state index is 0.607. The molecule has 0 atom stereocenters. The first-order valence-electron chi connectivity index (χ1n) is 11.3. The molecule has 0 radical (unpaired) electrons. The molecule has 2 rings (SSSR count). The van der Waals surface area contributed by atoms with E-state index in [1.807, 2.05) is 0 Å². The monoisotopic (exact) mass is 510 g/mol. The number of hydrogen-bond acceptors (Lipinski definition) is 0. The van der Waals surface area contributed by atoms with E-state index >= 15 is 0 Å². The number of rotatable bonds is 16. The van der Waals surface area contributed by atoms with Crippen LogP contribution in [-0.2, 0) is 0 Å². The molecule has 0 nitrogen and oxygen atoms in total. The minimum atomic E-state index is 0.607. The van der Waals surface area contributed by atoms with E-state index in [2.05, 4.69) is 67.6 Å². The quantitative estimate of drug-likeness (QED) is 0.180. The van der Waals surface area contributed by atoms with Crippen LogP contribution >= 0.6 is 0 Å². The Labute approximate surface area is 186 Å². The van der Waals surface area contributed by atoms with Gasteiger partial charge in [0, 0.05) is 0 Å². The summed E-state index contributed by atoms with van der Waals surface area (Å²) in [6.07, 6.45) is 17.2. The Kier molecular flexibility index (Phi) is 13.8. The van der Waals surface area contributed by atoms with Gasteiger partial charge in [-0.15, -0.1) is 0 Å². The van der Waals surface area contributed by atoms with Crippen molar-refractivity contribution in [2.45, 2.75) is 87.7 Å². The molecule has 2 aromatic rings. The van der Waals surface area contributed by atoms with Crippen LogP contribution in [0.2, 0.25) is 3.71 Å². The van der Waals surface area contributed by atoms with Gasteiger partial charge in [0.1, 0.15) is 0 Å². The summed E-state index contributed by atoms with van der Waals surface area (Å²) in [5.74, 6) is 0. The molecule has 0 saturated carbocycles. The van der Waals surface area contributed by atoms with Gasteiger partial charge in [-0.2, -0.15) is 0 Å². The van der Waals surface area contributed by atoms with Crippen LogP contribution < -0.4 is 8.92 Å². The summed E-state index contributed by atoms with van der Waals surface area (Å²) in [6.45, 7) is 2.30. The first-order chi connectivity index (χ1) is 13.9. The molecule has 0 saturated heterocycles. The van der Waals surface area contributed by atoms with E-state index in [4.69, 9.17) is 0 Å². The maximum absolute atomic E-state index is 2.33. The Morgan fingerprint density at radius 1 is 0.536 bits per heavy atom. The van der Waals surface area contributed by atoms with Crippen molar-refractivity contribution in [1.29, 1.82) is 0 Å². The SMILES string of the molecule is CCCCCCCCCCCCCC([Se]c1ccccc1)[Se]c1ccccc1. The van der Waals surface area contributed by atoms with E-state index in [0.29, 0.717) is 29.9 Å². The third-order valence-corrected chi connectivity index (χ3v) is 11.5. The van der Waals surface area contributed by atoms with Gasteiger partial charge in [-0.25, -0.2) is 0 Å². The fourth-order valence-corrected chi connectivity index (χ4v) is 10.3. The summed E-state index contributed by atoms with van der Waals surface area (Å²) >= 11 is 1.21. The van der Waals surface area contributed by atoms with Gasteiger partial charge in [-0.1, -0.05) is 13.3 Å². The van der Waals surface area contributed by atoms with Gasteiger partial charge in [0.05, 0.1) is 0 Å². The molecule has 28 heavy (non-hydrogen) atoms. The molecule has 0 fully saturated rings. The van der Waals surface area contributed by atoms with Crippen molar-refractivity contribution >= 4 is 38.8 Å². The summed E-state index contributed by atoms with van der Waals surface area (Å²) in [5, 5.41) is 0. The van der Waals surface area contributed by atoms with E-state index < -0.39 is 0 Å². The van der Waals surface area contributed by atoms with Gasteiger partial charge in [0.2, 0.25) is 0 Å². The van der Waals surface area contributed by atoms with E-state index in [1.165, 1.54) is 77.0 Å². The Bertz CT molecular complexity index is 540. The molecule has 0 aliphatic carbocycles. The third-order valence-electron chi connectivity index (χ3n) is 5.06. The van der Waals surface area contributed by atoms with Crippen LogP contribution in [-0.4, -0.2) is 29.9 Å². The second-order valence-corrected chi connectivity index (χ2v) is 14.5. The molecule has 2 aromatic carbocycles. The van der Waals surface area contributed by atoms with Gasteiger partial charge < -0.3 is 0 Å². The topological polar surface area (TPSA) is 0 Å². The zero-order valence-corrected chi connectivity index (χ0v) is 21.1. The summed E-state index contributed by atoms with van der Waals surface area (Å²) in [6, 6.07) is 22.4. The van der Waals surface area contributed by atoms with E-state index in [0.717, 1.165) is 3.71 Å². The van der Waals surface area contributed by atoms with E-state index in [1.54, 1.807) is 8.92 Å². The Morgan fingerprint density at radius 3 is 1.36 bits per heavy atom. The second-order valence-electron chi connectivity index (χ2n) is 7.62. The first-order valence-corrected chi connectivity index (χ1v) is 15.0. The summed E-state index contributed by atoms with van der Waals surface area (Å²) in [4.78, 5) is 0. The molecule has 0 aliphatic heterocycles. The Balaban J connectivity index is 1.62. The standard InChI is InChI=1S/C26H38Se2/c1-2-3-4-5-6-7-8-9-10-11-18-23-26(27-24-19-14-12-15-20-24)28-25-21-16-13-17-22-25/h12-17,19-22,26H,2-11,18,23H2,1H3. The van der Waals surface area contributed by atoms with Gasteiger partial charge in [-0.3, -0.25) is 0 Å². The van der Waals surface area contributed by atoms with Crippen LogP contribution in [0.3, 0.4) is 0 Å². The normalized spacial score (nSPS) is 11.2. The molecule has 0 amide bonds. The van der Waals surface area contributed by atoms with Crippen molar-refractivity contribution in [3.8, 4) is 0 Å². The van der Waals surface area contributed by atoms with Gasteiger partial charge in [-0.05, 0) is 0 Å². The molecule has 0 bridgehead atoms. The predicted octanol–water partition coefficient (Wildman–Crippen LogP) is 6.49.